The fourth-order valence-corrected chi connectivity index (χ4v) is 2.42. The maximum absolute atomic E-state index is 6.20. The van der Waals surface area contributed by atoms with Crippen molar-refractivity contribution in [1.29, 1.82) is 0 Å². The minimum atomic E-state index is -0.173. The van der Waals surface area contributed by atoms with Gasteiger partial charge in [-0.1, -0.05) is 17.8 Å². The SMILES string of the molecule is CCn1c(SC)nnc1[C@H](N)Cc1ccccn1.Cl.Cl. The van der Waals surface area contributed by atoms with E-state index in [-0.39, 0.29) is 30.9 Å². The summed E-state index contributed by atoms with van der Waals surface area (Å²) >= 11 is 1.58. The number of aromatic nitrogens is 4. The van der Waals surface area contributed by atoms with E-state index in [4.69, 9.17) is 5.73 Å². The van der Waals surface area contributed by atoms with Crippen molar-refractivity contribution >= 4 is 36.6 Å². The van der Waals surface area contributed by atoms with Gasteiger partial charge in [0.05, 0.1) is 6.04 Å². The molecule has 0 amide bonds. The first-order valence-corrected chi connectivity index (χ1v) is 7.11. The van der Waals surface area contributed by atoms with E-state index in [1.54, 1.807) is 18.0 Å². The average Bonchev–Trinajstić information content (AvgIpc) is 2.82. The van der Waals surface area contributed by atoms with E-state index in [2.05, 4.69) is 26.7 Å². The number of hydrogen-bond acceptors (Lipinski definition) is 5. The normalized spacial score (nSPS) is 11.3. The topological polar surface area (TPSA) is 69.6 Å². The van der Waals surface area contributed by atoms with Crippen LogP contribution in [-0.2, 0) is 13.0 Å². The lowest BCUT2D eigenvalue weighted by Crippen LogP contribution is -2.19. The fourth-order valence-electron chi connectivity index (χ4n) is 1.86. The highest BCUT2D eigenvalue weighted by molar-refractivity contribution is 7.98. The highest BCUT2D eigenvalue weighted by Gasteiger charge is 2.17. The van der Waals surface area contributed by atoms with Crippen LogP contribution in [0, 0.1) is 0 Å². The number of rotatable bonds is 5. The van der Waals surface area contributed by atoms with E-state index in [1.165, 1.54) is 0 Å². The van der Waals surface area contributed by atoms with E-state index in [0.717, 1.165) is 23.2 Å². The van der Waals surface area contributed by atoms with Crippen LogP contribution in [0.15, 0.2) is 29.6 Å². The van der Waals surface area contributed by atoms with Gasteiger partial charge >= 0.3 is 0 Å². The summed E-state index contributed by atoms with van der Waals surface area (Å²) in [6.07, 6.45) is 4.44. The highest BCUT2D eigenvalue weighted by atomic mass is 35.5. The molecule has 0 saturated carbocycles. The molecule has 2 aromatic rings. The molecule has 0 aliphatic rings. The van der Waals surface area contributed by atoms with Crippen LogP contribution in [0.5, 0.6) is 0 Å². The Kier molecular flexibility index (Phi) is 8.80. The molecule has 0 fully saturated rings. The maximum Gasteiger partial charge on any atom is 0.190 e. The summed E-state index contributed by atoms with van der Waals surface area (Å²) in [6.45, 7) is 2.90. The van der Waals surface area contributed by atoms with E-state index in [1.807, 2.05) is 24.5 Å². The predicted octanol–water partition coefficient (Wildman–Crippen LogP) is 2.50. The van der Waals surface area contributed by atoms with Gasteiger partial charge in [-0.15, -0.1) is 35.0 Å². The zero-order chi connectivity index (χ0) is 13.0. The Labute approximate surface area is 135 Å². The second kappa shape index (κ2) is 9.18. The molecule has 0 aromatic carbocycles. The van der Waals surface area contributed by atoms with Gasteiger partial charge < -0.3 is 10.3 Å². The van der Waals surface area contributed by atoms with Gasteiger partial charge in [-0.25, -0.2) is 0 Å². The van der Waals surface area contributed by atoms with Gasteiger partial charge in [-0.2, -0.15) is 0 Å². The monoisotopic (exact) mass is 335 g/mol. The molecule has 2 aromatic heterocycles. The molecule has 2 rings (SSSR count). The van der Waals surface area contributed by atoms with Crippen molar-refractivity contribution in [2.45, 2.75) is 31.1 Å². The van der Waals surface area contributed by atoms with Crippen molar-refractivity contribution in [1.82, 2.24) is 19.7 Å². The van der Waals surface area contributed by atoms with Gasteiger partial charge in [0.1, 0.15) is 0 Å². The zero-order valence-electron chi connectivity index (χ0n) is 11.4. The van der Waals surface area contributed by atoms with Crippen molar-refractivity contribution in [3.63, 3.8) is 0 Å². The van der Waals surface area contributed by atoms with Crippen LogP contribution in [0.2, 0.25) is 0 Å². The van der Waals surface area contributed by atoms with Gasteiger partial charge in [0.2, 0.25) is 0 Å². The summed E-state index contributed by atoms with van der Waals surface area (Å²) in [4.78, 5) is 4.28. The Morgan fingerprint density at radius 2 is 2.05 bits per heavy atom. The molecule has 1 atom stereocenters. The molecule has 20 heavy (non-hydrogen) atoms. The summed E-state index contributed by atoms with van der Waals surface area (Å²) in [7, 11) is 0. The van der Waals surface area contributed by atoms with Gasteiger partial charge in [0.25, 0.3) is 0 Å². The number of halogens is 2. The third kappa shape index (κ3) is 4.34. The first kappa shape index (κ1) is 19.2. The Morgan fingerprint density at radius 1 is 1.30 bits per heavy atom. The Bertz CT molecular complexity index is 506. The molecule has 8 heteroatoms. The van der Waals surface area contributed by atoms with Crippen LogP contribution >= 0.6 is 36.6 Å². The van der Waals surface area contributed by atoms with Gasteiger partial charge in [0, 0.05) is 24.9 Å². The van der Waals surface area contributed by atoms with Crippen molar-refractivity contribution in [3.05, 3.63) is 35.9 Å². The molecule has 112 valence electrons. The first-order valence-electron chi connectivity index (χ1n) is 5.88. The fraction of sp³-hybridized carbons (Fsp3) is 0.417. The number of hydrogen-bond donors (Lipinski definition) is 1. The maximum atomic E-state index is 6.20. The van der Waals surface area contributed by atoms with Crippen LogP contribution < -0.4 is 5.73 Å². The molecule has 0 bridgehead atoms. The molecule has 5 nitrogen and oxygen atoms in total. The summed E-state index contributed by atoms with van der Waals surface area (Å²) in [5, 5.41) is 9.24. The molecular formula is C12H19Cl2N5S. The molecule has 2 N–H and O–H groups in total. The van der Waals surface area contributed by atoms with Crippen molar-refractivity contribution < 1.29 is 0 Å². The third-order valence-corrected chi connectivity index (χ3v) is 3.40. The number of thioether (sulfide) groups is 1. The van der Waals surface area contributed by atoms with Crippen LogP contribution in [0.4, 0.5) is 0 Å². The van der Waals surface area contributed by atoms with Crippen LogP contribution in [-0.4, -0.2) is 26.0 Å². The smallest absolute Gasteiger partial charge is 0.190 e. The summed E-state index contributed by atoms with van der Waals surface area (Å²) in [5.41, 5.74) is 7.17. The van der Waals surface area contributed by atoms with E-state index in [9.17, 15) is 0 Å². The molecule has 0 aliphatic heterocycles. The van der Waals surface area contributed by atoms with Gasteiger partial charge in [-0.05, 0) is 25.3 Å². The summed E-state index contributed by atoms with van der Waals surface area (Å²) in [6, 6.07) is 5.66. The minimum absolute atomic E-state index is 0. The van der Waals surface area contributed by atoms with Crippen molar-refractivity contribution in [3.8, 4) is 0 Å². The third-order valence-electron chi connectivity index (χ3n) is 2.73. The Balaban J connectivity index is 0.00000180. The molecular weight excluding hydrogens is 317 g/mol. The lowest BCUT2D eigenvalue weighted by atomic mass is 10.1. The molecule has 0 radical (unpaired) electrons. The summed E-state index contributed by atoms with van der Waals surface area (Å²) in [5.74, 6) is 0.826. The average molecular weight is 336 g/mol. The van der Waals surface area contributed by atoms with Crippen LogP contribution in [0.3, 0.4) is 0 Å². The van der Waals surface area contributed by atoms with Crippen LogP contribution in [0.1, 0.15) is 24.5 Å². The lowest BCUT2D eigenvalue weighted by Gasteiger charge is -2.12. The number of nitrogens with two attached hydrogens (primary N) is 1. The largest absolute Gasteiger partial charge is 0.321 e. The van der Waals surface area contributed by atoms with Gasteiger partial charge in [0.15, 0.2) is 11.0 Å². The zero-order valence-corrected chi connectivity index (χ0v) is 13.8. The van der Waals surface area contributed by atoms with E-state index in [0.29, 0.717) is 6.42 Å². The lowest BCUT2D eigenvalue weighted by molar-refractivity contribution is 0.572. The number of nitrogens with zero attached hydrogens (tertiary/aromatic N) is 4. The molecule has 0 aliphatic carbocycles. The van der Waals surface area contributed by atoms with Crippen molar-refractivity contribution in [2.75, 3.05) is 6.26 Å². The van der Waals surface area contributed by atoms with Crippen molar-refractivity contribution in [2.24, 2.45) is 5.73 Å². The standard InChI is InChI=1S/C12H17N5S.2ClH/c1-3-17-11(15-16-12(17)18-2)10(13)8-9-6-4-5-7-14-9;;/h4-7,10H,3,8,13H2,1-2H3;2*1H/t10-;;/m1../s1. The second-order valence-electron chi connectivity index (χ2n) is 3.92. The van der Waals surface area contributed by atoms with E-state index >= 15 is 0 Å². The predicted molar refractivity (Wildman–Crippen MR) is 86.8 cm³/mol. The number of pyridine rings is 1. The summed E-state index contributed by atoms with van der Waals surface area (Å²) < 4.78 is 2.05. The second-order valence-corrected chi connectivity index (χ2v) is 4.69. The van der Waals surface area contributed by atoms with E-state index < -0.39 is 0 Å². The quantitative estimate of drug-likeness (QED) is 0.850. The van der Waals surface area contributed by atoms with Crippen LogP contribution in [0.25, 0.3) is 0 Å². The Hall–Kier alpha value is -0.820. The minimum Gasteiger partial charge on any atom is -0.321 e. The first-order chi connectivity index (χ1) is 8.76. The molecule has 0 unspecified atom stereocenters. The van der Waals surface area contributed by atoms with Gasteiger partial charge in [-0.3, -0.25) is 4.98 Å². The molecule has 2 heterocycles. The molecule has 0 saturated heterocycles. The molecule has 0 spiro atoms. The highest BCUT2D eigenvalue weighted by Crippen LogP contribution is 2.19. The Morgan fingerprint density at radius 3 is 2.60 bits per heavy atom.